The molecular weight excluding hydrogens is 368 g/mol. The van der Waals surface area contributed by atoms with Crippen LogP contribution in [-0.4, -0.2) is 0 Å². The summed E-state index contributed by atoms with van der Waals surface area (Å²) in [6, 6.07) is 32.6. The van der Waals surface area contributed by atoms with Gasteiger partial charge in [-0.3, -0.25) is 0 Å². The van der Waals surface area contributed by atoms with E-state index in [4.69, 9.17) is 0 Å². The third-order valence-corrected chi connectivity index (χ3v) is 5.57. The summed E-state index contributed by atoms with van der Waals surface area (Å²) in [5.74, 6) is 0. The monoisotopic (exact) mass is 382 g/mol. The van der Waals surface area contributed by atoms with E-state index in [9.17, 15) is 0 Å². The van der Waals surface area contributed by atoms with Crippen molar-refractivity contribution in [1.29, 1.82) is 0 Å². The predicted molar refractivity (Wildman–Crippen MR) is 112 cm³/mol. The van der Waals surface area contributed by atoms with Gasteiger partial charge in [0.1, 0.15) is 0 Å². The summed E-state index contributed by atoms with van der Waals surface area (Å²) >= 11 is 3.77. The van der Waals surface area contributed by atoms with E-state index in [0.29, 0.717) is 0 Å². The molecule has 0 radical (unpaired) electrons. The average molecular weight is 383 g/mol. The van der Waals surface area contributed by atoms with Crippen molar-refractivity contribution >= 4 is 48.2 Å². The van der Waals surface area contributed by atoms with Crippen LogP contribution >= 0.6 is 15.9 Å². The molecule has 0 nitrogen and oxygen atoms in total. The van der Waals surface area contributed by atoms with Gasteiger partial charge in [0, 0.05) is 4.47 Å². The van der Waals surface area contributed by atoms with Gasteiger partial charge in [-0.25, -0.2) is 0 Å². The summed E-state index contributed by atoms with van der Waals surface area (Å²) in [7, 11) is 0. The second-order valence-corrected chi connectivity index (χ2v) is 7.19. The standard InChI is InChI=1S/C24H15Br/c25-24-15-23-18-11-5-4-10-17(18)21(16-8-2-1-3-9-16)14-22(23)19-12-6-7-13-20(19)24/h1-15H. The van der Waals surface area contributed by atoms with Crippen molar-refractivity contribution in [1.82, 2.24) is 0 Å². The molecule has 0 fully saturated rings. The quantitative estimate of drug-likeness (QED) is 0.262. The maximum atomic E-state index is 3.77. The van der Waals surface area contributed by atoms with Gasteiger partial charge >= 0.3 is 0 Å². The first kappa shape index (κ1) is 14.7. The van der Waals surface area contributed by atoms with Crippen LogP contribution in [0.15, 0.2) is 95.5 Å². The molecule has 0 bridgehead atoms. The van der Waals surface area contributed by atoms with Crippen LogP contribution in [0.3, 0.4) is 0 Å². The molecule has 0 aliphatic rings. The normalized spacial score (nSPS) is 11.4. The highest BCUT2D eigenvalue weighted by Crippen LogP contribution is 2.40. The average Bonchev–Trinajstić information content (AvgIpc) is 2.69. The number of benzene rings is 5. The maximum Gasteiger partial charge on any atom is 0.0260 e. The lowest BCUT2D eigenvalue weighted by Crippen LogP contribution is -1.86. The van der Waals surface area contributed by atoms with Crippen LogP contribution in [0, 0.1) is 0 Å². The zero-order valence-electron chi connectivity index (χ0n) is 13.5. The molecule has 0 aliphatic heterocycles. The van der Waals surface area contributed by atoms with Crippen LogP contribution in [0.2, 0.25) is 0 Å². The minimum Gasteiger partial charge on any atom is -0.0622 e. The van der Waals surface area contributed by atoms with E-state index in [1.165, 1.54) is 43.4 Å². The number of hydrogen-bond acceptors (Lipinski definition) is 0. The molecule has 0 unspecified atom stereocenters. The molecule has 5 aromatic rings. The first-order chi connectivity index (χ1) is 12.3. The van der Waals surface area contributed by atoms with Crippen LogP contribution < -0.4 is 0 Å². The Morgan fingerprint density at radius 1 is 0.440 bits per heavy atom. The van der Waals surface area contributed by atoms with E-state index >= 15 is 0 Å². The number of hydrogen-bond donors (Lipinski definition) is 0. The summed E-state index contributed by atoms with van der Waals surface area (Å²) in [6.45, 7) is 0. The lowest BCUT2D eigenvalue weighted by Gasteiger charge is -2.14. The summed E-state index contributed by atoms with van der Waals surface area (Å²) in [5, 5.41) is 7.73. The molecule has 1 heteroatoms. The zero-order chi connectivity index (χ0) is 16.8. The summed E-state index contributed by atoms with van der Waals surface area (Å²) < 4.78 is 1.15. The van der Waals surface area contributed by atoms with E-state index in [0.717, 1.165) is 4.47 Å². The molecule has 25 heavy (non-hydrogen) atoms. The molecule has 5 aromatic carbocycles. The Hall–Kier alpha value is -2.64. The van der Waals surface area contributed by atoms with E-state index in [1.54, 1.807) is 0 Å². The third-order valence-electron chi connectivity index (χ3n) is 4.92. The minimum absolute atomic E-state index is 1.15. The fourth-order valence-corrected chi connectivity index (χ4v) is 4.34. The Morgan fingerprint density at radius 3 is 1.68 bits per heavy atom. The Bertz CT molecular complexity index is 1240. The summed E-state index contributed by atoms with van der Waals surface area (Å²) in [6.07, 6.45) is 0. The molecule has 0 amide bonds. The molecule has 0 aliphatic carbocycles. The smallest absolute Gasteiger partial charge is 0.0260 e. The molecule has 118 valence electrons. The van der Waals surface area contributed by atoms with Crippen molar-refractivity contribution in [3.8, 4) is 11.1 Å². The minimum atomic E-state index is 1.15. The van der Waals surface area contributed by atoms with E-state index in [-0.39, 0.29) is 0 Å². The van der Waals surface area contributed by atoms with Crippen molar-refractivity contribution in [3.63, 3.8) is 0 Å². The Balaban J connectivity index is 2.04. The highest BCUT2D eigenvalue weighted by atomic mass is 79.9. The first-order valence-corrected chi connectivity index (χ1v) is 9.20. The molecule has 0 aromatic heterocycles. The van der Waals surface area contributed by atoms with Crippen molar-refractivity contribution in [2.75, 3.05) is 0 Å². The molecule has 0 saturated heterocycles. The fourth-order valence-electron chi connectivity index (χ4n) is 3.76. The number of halogens is 1. The van der Waals surface area contributed by atoms with E-state index in [1.807, 2.05) is 0 Å². The lowest BCUT2D eigenvalue weighted by molar-refractivity contribution is 1.67. The Morgan fingerprint density at radius 2 is 0.960 bits per heavy atom. The van der Waals surface area contributed by atoms with Gasteiger partial charge < -0.3 is 0 Å². The van der Waals surface area contributed by atoms with Gasteiger partial charge in [0.2, 0.25) is 0 Å². The first-order valence-electron chi connectivity index (χ1n) is 8.41. The summed E-state index contributed by atoms with van der Waals surface area (Å²) in [5.41, 5.74) is 2.55. The molecule has 0 N–H and O–H groups in total. The zero-order valence-corrected chi connectivity index (χ0v) is 15.1. The van der Waals surface area contributed by atoms with Crippen molar-refractivity contribution in [2.24, 2.45) is 0 Å². The molecule has 0 saturated carbocycles. The van der Waals surface area contributed by atoms with Gasteiger partial charge in [-0.05, 0) is 55.6 Å². The Labute approximate surface area is 154 Å². The number of fused-ring (bicyclic) bond motifs is 5. The molecule has 5 rings (SSSR count). The molecule has 0 spiro atoms. The van der Waals surface area contributed by atoms with Gasteiger partial charge in [-0.1, -0.05) is 94.8 Å². The summed E-state index contributed by atoms with van der Waals surface area (Å²) in [4.78, 5) is 0. The van der Waals surface area contributed by atoms with Crippen molar-refractivity contribution in [2.45, 2.75) is 0 Å². The van der Waals surface area contributed by atoms with Gasteiger partial charge in [0.15, 0.2) is 0 Å². The van der Waals surface area contributed by atoms with Gasteiger partial charge in [-0.2, -0.15) is 0 Å². The van der Waals surface area contributed by atoms with Gasteiger partial charge in [0.25, 0.3) is 0 Å². The van der Waals surface area contributed by atoms with Gasteiger partial charge in [-0.15, -0.1) is 0 Å². The van der Waals surface area contributed by atoms with E-state index < -0.39 is 0 Å². The van der Waals surface area contributed by atoms with Crippen LogP contribution in [0.25, 0.3) is 43.4 Å². The molecular formula is C24H15Br. The topological polar surface area (TPSA) is 0 Å². The SMILES string of the molecule is Brc1cc2c3ccccc3c(-c3ccccc3)cc2c2ccccc12. The van der Waals surface area contributed by atoms with Crippen molar-refractivity contribution < 1.29 is 0 Å². The van der Waals surface area contributed by atoms with Crippen molar-refractivity contribution in [3.05, 3.63) is 95.5 Å². The van der Waals surface area contributed by atoms with Crippen LogP contribution in [0.4, 0.5) is 0 Å². The molecule has 0 heterocycles. The van der Waals surface area contributed by atoms with E-state index in [2.05, 4.69) is 107 Å². The van der Waals surface area contributed by atoms with Gasteiger partial charge in [0.05, 0.1) is 0 Å². The highest BCUT2D eigenvalue weighted by molar-refractivity contribution is 9.10. The Kier molecular flexibility index (Phi) is 3.36. The molecule has 0 atom stereocenters. The largest absolute Gasteiger partial charge is 0.0622 e. The van der Waals surface area contributed by atoms with Crippen LogP contribution in [-0.2, 0) is 0 Å². The third kappa shape index (κ3) is 2.27. The maximum absolute atomic E-state index is 3.77. The second-order valence-electron chi connectivity index (χ2n) is 6.33. The fraction of sp³-hybridized carbons (Fsp3) is 0. The van der Waals surface area contributed by atoms with Crippen LogP contribution in [0.5, 0.6) is 0 Å². The second kappa shape index (κ2) is 5.72. The van der Waals surface area contributed by atoms with Crippen LogP contribution in [0.1, 0.15) is 0 Å². The number of rotatable bonds is 1. The predicted octanol–water partition coefficient (Wildman–Crippen LogP) is 7.58. The lowest BCUT2D eigenvalue weighted by atomic mass is 9.91. The highest BCUT2D eigenvalue weighted by Gasteiger charge is 2.12.